The molecule has 0 atom stereocenters. The van der Waals surface area contributed by atoms with Crippen LogP contribution in [0.4, 0.5) is 11.8 Å². The van der Waals surface area contributed by atoms with Crippen molar-refractivity contribution in [3.63, 3.8) is 0 Å². The molecule has 108 valence electrons. The van der Waals surface area contributed by atoms with E-state index in [4.69, 9.17) is 4.42 Å². The molecule has 6 nitrogen and oxygen atoms in total. The standard InChI is InChI=1S/C14H21N5O/c1-4-6-15-14-18-10(3)7-12(19-14)16-9-13-17-8-11(5-2)20-13/h7-8H,4-6,9H2,1-3H3,(H2,15,16,18,19). The molecule has 2 N–H and O–H groups in total. The van der Waals surface area contributed by atoms with Crippen LogP contribution in [0.5, 0.6) is 0 Å². The number of rotatable bonds is 7. The van der Waals surface area contributed by atoms with Gasteiger partial charge in [0.2, 0.25) is 11.8 Å². The quantitative estimate of drug-likeness (QED) is 0.809. The van der Waals surface area contributed by atoms with Gasteiger partial charge in [0.1, 0.15) is 11.6 Å². The minimum atomic E-state index is 0.518. The average Bonchev–Trinajstić information content (AvgIpc) is 2.90. The Morgan fingerprint density at radius 1 is 1.20 bits per heavy atom. The van der Waals surface area contributed by atoms with Gasteiger partial charge < -0.3 is 15.1 Å². The van der Waals surface area contributed by atoms with E-state index < -0.39 is 0 Å². The van der Waals surface area contributed by atoms with Crippen molar-refractivity contribution in [1.29, 1.82) is 0 Å². The van der Waals surface area contributed by atoms with Crippen molar-refractivity contribution in [2.24, 2.45) is 0 Å². The summed E-state index contributed by atoms with van der Waals surface area (Å²) in [6.45, 7) is 7.48. The molecule has 0 radical (unpaired) electrons. The van der Waals surface area contributed by atoms with E-state index in [2.05, 4.69) is 32.5 Å². The van der Waals surface area contributed by atoms with Gasteiger partial charge in [-0.2, -0.15) is 4.98 Å². The van der Waals surface area contributed by atoms with Crippen molar-refractivity contribution < 1.29 is 4.42 Å². The minimum absolute atomic E-state index is 0.518. The van der Waals surface area contributed by atoms with E-state index in [1.165, 1.54) is 0 Å². The van der Waals surface area contributed by atoms with Crippen LogP contribution in [0.2, 0.25) is 0 Å². The van der Waals surface area contributed by atoms with Crippen LogP contribution in [0.1, 0.15) is 37.6 Å². The van der Waals surface area contributed by atoms with Crippen LogP contribution in [-0.4, -0.2) is 21.5 Å². The lowest BCUT2D eigenvalue weighted by molar-refractivity contribution is 0.465. The summed E-state index contributed by atoms with van der Waals surface area (Å²) >= 11 is 0. The van der Waals surface area contributed by atoms with Crippen LogP contribution in [0.15, 0.2) is 16.7 Å². The summed E-state index contributed by atoms with van der Waals surface area (Å²) in [5, 5.41) is 6.39. The van der Waals surface area contributed by atoms with Crippen molar-refractivity contribution in [1.82, 2.24) is 15.0 Å². The number of anilines is 2. The van der Waals surface area contributed by atoms with Crippen LogP contribution in [0.25, 0.3) is 0 Å². The summed E-state index contributed by atoms with van der Waals surface area (Å²) in [4.78, 5) is 13.0. The minimum Gasteiger partial charge on any atom is -0.444 e. The van der Waals surface area contributed by atoms with Crippen molar-refractivity contribution >= 4 is 11.8 Å². The highest BCUT2D eigenvalue weighted by atomic mass is 16.4. The van der Waals surface area contributed by atoms with Crippen LogP contribution < -0.4 is 10.6 Å². The van der Waals surface area contributed by atoms with Gasteiger partial charge in [-0.25, -0.2) is 9.97 Å². The van der Waals surface area contributed by atoms with Crippen molar-refractivity contribution in [3.05, 3.63) is 29.6 Å². The van der Waals surface area contributed by atoms with Gasteiger partial charge in [0.15, 0.2) is 0 Å². The van der Waals surface area contributed by atoms with Crippen LogP contribution in [0.3, 0.4) is 0 Å². The van der Waals surface area contributed by atoms with Gasteiger partial charge in [0, 0.05) is 24.7 Å². The van der Waals surface area contributed by atoms with E-state index in [1.807, 2.05) is 19.9 Å². The summed E-state index contributed by atoms with van der Waals surface area (Å²) < 4.78 is 5.55. The molecule has 2 aromatic rings. The van der Waals surface area contributed by atoms with Gasteiger partial charge in [0.05, 0.1) is 12.7 Å². The zero-order valence-electron chi connectivity index (χ0n) is 12.2. The van der Waals surface area contributed by atoms with Crippen molar-refractivity contribution in [2.75, 3.05) is 17.2 Å². The molecule has 0 amide bonds. The topological polar surface area (TPSA) is 75.9 Å². The Kier molecular flexibility index (Phi) is 4.92. The number of oxazole rings is 1. The summed E-state index contributed by atoms with van der Waals surface area (Å²) in [5.74, 6) is 2.98. The molecule has 0 aliphatic carbocycles. The van der Waals surface area contributed by atoms with E-state index in [1.54, 1.807) is 6.20 Å². The second-order valence-corrected chi connectivity index (χ2v) is 4.57. The number of hydrogen-bond donors (Lipinski definition) is 2. The average molecular weight is 275 g/mol. The third-order valence-electron chi connectivity index (χ3n) is 2.76. The van der Waals surface area contributed by atoms with Gasteiger partial charge in [-0.05, 0) is 13.3 Å². The Morgan fingerprint density at radius 3 is 2.75 bits per heavy atom. The monoisotopic (exact) mass is 275 g/mol. The van der Waals surface area contributed by atoms with E-state index in [0.29, 0.717) is 18.4 Å². The smallest absolute Gasteiger partial charge is 0.224 e. The van der Waals surface area contributed by atoms with Crippen molar-refractivity contribution in [3.8, 4) is 0 Å². The van der Waals surface area contributed by atoms with E-state index in [-0.39, 0.29) is 0 Å². The Hall–Kier alpha value is -2.11. The van der Waals surface area contributed by atoms with Crippen molar-refractivity contribution in [2.45, 2.75) is 40.2 Å². The molecule has 0 bridgehead atoms. The zero-order valence-corrected chi connectivity index (χ0v) is 12.2. The third kappa shape index (κ3) is 3.94. The highest BCUT2D eigenvalue weighted by Crippen LogP contribution is 2.11. The molecule has 0 spiro atoms. The SMILES string of the molecule is CCCNc1nc(C)cc(NCc2ncc(CC)o2)n1. The molecule has 2 aromatic heterocycles. The van der Waals surface area contributed by atoms with E-state index in [0.717, 1.165) is 36.7 Å². The summed E-state index contributed by atoms with van der Waals surface area (Å²) in [6.07, 6.45) is 3.65. The lowest BCUT2D eigenvalue weighted by Crippen LogP contribution is -2.08. The van der Waals surface area contributed by atoms with Gasteiger partial charge in [0.25, 0.3) is 0 Å². The molecule has 0 aromatic carbocycles. The molecule has 0 saturated heterocycles. The molecule has 0 fully saturated rings. The second kappa shape index (κ2) is 6.88. The second-order valence-electron chi connectivity index (χ2n) is 4.57. The maximum absolute atomic E-state index is 5.55. The van der Waals surface area contributed by atoms with Crippen LogP contribution >= 0.6 is 0 Å². The molecule has 2 heterocycles. The van der Waals surface area contributed by atoms with E-state index >= 15 is 0 Å². The van der Waals surface area contributed by atoms with Crippen LogP contribution in [-0.2, 0) is 13.0 Å². The summed E-state index contributed by atoms with van der Waals surface area (Å²) in [7, 11) is 0. The number of aromatic nitrogens is 3. The van der Waals surface area contributed by atoms with Gasteiger partial charge in [-0.3, -0.25) is 0 Å². The molecule has 0 aliphatic heterocycles. The highest BCUT2D eigenvalue weighted by Gasteiger charge is 2.05. The number of hydrogen-bond acceptors (Lipinski definition) is 6. The number of nitrogens with zero attached hydrogens (tertiary/aromatic N) is 3. The number of aryl methyl sites for hydroxylation is 2. The number of nitrogens with one attached hydrogen (secondary N) is 2. The first-order chi connectivity index (χ1) is 9.71. The summed E-state index contributed by atoms with van der Waals surface area (Å²) in [5.41, 5.74) is 0.919. The Balaban J connectivity index is 1.99. The Labute approximate surface area is 119 Å². The van der Waals surface area contributed by atoms with Gasteiger partial charge in [-0.1, -0.05) is 13.8 Å². The maximum atomic E-state index is 5.55. The molecule has 0 saturated carbocycles. The predicted octanol–water partition coefficient (Wildman–Crippen LogP) is 2.77. The lowest BCUT2D eigenvalue weighted by Gasteiger charge is -2.08. The van der Waals surface area contributed by atoms with Gasteiger partial charge >= 0.3 is 0 Å². The molecule has 20 heavy (non-hydrogen) atoms. The first kappa shape index (κ1) is 14.3. The fourth-order valence-electron chi connectivity index (χ4n) is 1.73. The molecule has 0 aliphatic rings. The predicted molar refractivity (Wildman–Crippen MR) is 78.8 cm³/mol. The summed E-state index contributed by atoms with van der Waals surface area (Å²) in [6, 6.07) is 1.90. The van der Waals surface area contributed by atoms with Crippen LogP contribution in [0, 0.1) is 6.92 Å². The molecule has 2 rings (SSSR count). The Morgan fingerprint density at radius 2 is 2.05 bits per heavy atom. The fraction of sp³-hybridized carbons (Fsp3) is 0.500. The molecular weight excluding hydrogens is 254 g/mol. The first-order valence-electron chi connectivity index (χ1n) is 6.98. The van der Waals surface area contributed by atoms with Gasteiger partial charge in [-0.15, -0.1) is 0 Å². The lowest BCUT2D eigenvalue weighted by atomic mass is 10.4. The Bertz CT molecular complexity index is 552. The highest BCUT2D eigenvalue weighted by molar-refractivity contribution is 5.42. The maximum Gasteiger partial charge on any atom is 0.224 e. The molecule has 0 unspecified atom stereocenters. The third-order valence-corrected chi connectivity index (χ3v) is 2.76. The zero-order chi connectivity index (χ0) is 14.4. The molecular formula is C14H21N5O. The first-order valence-corrected chi connectivity index (χ1v) is 6.98. The fourth-order valence-corrected chi connectivity index (χ4v) is 1.73. The normalized spacial score (nSPS) is 10.6. The largest absolute Gasteiger partial charge is 0.444 e. The molecule has 6 heteroatoms. The van der Waals surface area contributed by atoms with E-state index in [9.17, 15) is 0 Å².